The molecule has 0 aliphatic heterocycles. The summed E-state index contributed by atoms with van der Waals surface area (Å²) in [6, 6.07) is 0. The minimum Gasteiger partial charge on any atom is -0.386 e. The maximum Gasteiger partial charge on any atom is 2.00 e. The second-order valence-corrected chi connectivity index (χ2v) is 1.48. The van der Waals surface area contributed by atoms with E-state index in [4.69, 9.17) is 11.1 Å². The van der Waals surface area contributed by atoms with Crippen LogP contribution in [0.2, 0.25) is 0 Å². The molecule has 7 heavy (non-hydrogen) atoms. The predicted molar refractivity (Wildman–Crippen MR) is 32.0 cm³/mol. The minimum absolute atomic E-state index is 0. The first-order valence-corrected chi connectivity index (χ1v) is 2.35. The van der Waals surface area contributed by atoms with E-state index in [0.717, 1.165) is 0 Å². The largest absolute Gasteiger partial charge is 2.00 e. The predicted octanol–water partition coefficient (Wildman–Crippen LogP) is 0.798. The number of hydrogen-bond donors (Lipinski definition) is 2. The van der Waals surface area contributed by atoms with E-state index in [1.807, 2.05) is 0 Å². The molecule has 4 heteroatoms. The number of amidine groups is 1. The van der Waals surface area contributed by atoms with Crippen LogP contribution in [0, 0.1) is 19.5 Å². The van der Waals surface area contributed by atoms with Crippen molar-refractivity contribution in [3.8, 4) is 0 Å². The Morgan fingerprint density at radius 1 is 1.71 bits per heavy atom. The fourth-order valence-corrected chi connectivity index (χ4v) is 0. The van der Waals surface area contributed by atoms with E-state index in [-0.39, 0.29) is 40.1 Å². The van der Waals surface area contributed by atoms with Crippen LogP contribution < -0.4 is 5.73 Å². The summed E-state index contributed by atoms with van der Waals surface area (Å²) in [6.07, 6.45) is 0. The van der Waals surface area contributed by atoms with Crippen LogP contribution >= 0.6 is 8.58 Å². The van der Waals surface area contributed by atoms with Gasteiger partial charge >= 0.3 is 18.6 Å². The van der Waals surface area contributed by atoms with Gasteiger partial charge in [-0.15, -0.1) is 0 Å². The molecule has 1 atom stereocenters. The molecule has 0 fully saturated rings. The fraction of sp³-hybridized carbons (Fsp3) is 0. The van der Waals surface area contributed by atoms with Gasteiger partial charge in [-0.3, -0.25) is 5.41 Å². The van der Waals surface area contributed by atoms with Gasteiger partial charge in [-0.05, 0) is 0 Å². The molecule has 0 aromatic heterocycles. The molecule has 2 nitrogen and oxygen atoms in total. The maximum atomic E-state index is 6.47. The monoisotopic (exact) mass is 155 g/mol. The molecule has 1 unspecified atom stereocenters. The van der Waals surface area contributed by atoms with E-state index >= 15 is 0 Å². The Kier molecular flexibility index (Phi) is 21.7. The number of rotatable bonds is 1. The van der Waals surface area contributed by atoms with E-state index in [1.54, 1.807) is 0 Å². The third-order valence-electron chi connectivity index (χ3n) is 0.190. The van der Waals surface area contributed by atoms with Crippen molar-refractivity contribution in [3.05, 3.63) is 14.1 Å². The third kappa shape index (κ3) is 21.1. The van der Waals surface area contributed by atoms with Gasteiger partial charge in [0.25, 0.3) is 0 Å². The van der Waals surface area contributed by atoms with Crippen LogP contribution in [0.15, 0.2) is 0 Å². The molecule has 0 heterocycles. The molecule has 0 aromatic rings. The third-order valence-corrected chi connectivity index (χ3v) is 0.571. The molecule has 1 radical (unpaired) electrons. The molecular formula is C3H9N2PV. The molecule has 0 bridgehead atoms. The summed E-state index contributed by atoms with van der Waals surface area (Å²) in [5.41, 5.74) is 5.00. The van der Waals surface area contributed by atoms with Crippen molar-refractivity contribution >= 4 is 14.2 Å². The normalized spacial score (nSPS) is 7.00. The SMILES string of the molecule is [CH2-]PC(=N)N.[CH3-].[V+2]. The Morgan fingerprint density at radius 3 is 1.86 bits per heavy atom. The smallest absolute Gasteiger partial charge is 0.386 e. The first-order valence-electron chi connectivity index (χ1n) is 1.14. The van der Waals surface area contributed by atoms with Crippen LogP contribution in [0.1, 0.15) is 0 Å². The Hall–Kier alpha value is 0.484. The molecule has 0 saturated carbocycles. The van der Waals surface area contributed by atoms with Gasteiger partial charge in [0.05, 0.1) is 5.58 Å². The van der Waals surface area contributed by atoms with Crippen LogP contribution in [0.4, 0.5) is 0 Å². The quantitative estimate of drug-likeness (QED) is 0.250. The van der Waals surface area contributed by atoms with Gasteiger partial charge in [-0.25, -0.2) is 8.58 Å². The number of nitrogens with two attached hydrogens (primary N) is 1. The number of nitrogens with one attached hydrogen (secondary N) is 1. The first-order chi connectivity index (χ1) is 2.27. The van der Waals surface area contributed by atoms with Crippen molar-refractivity contribution in [1.82, 2.24) is 0 Å². The molecule has 0 aliphatic rings. The Bertz CT molecular complexity index is 48.2. The summed E-state index contributed by atoms with van der Waals surface area (Å²) >= 11 is 0. The second-order valence-electron chi connectivity index (χ2n) is 0.590. The molecule has 3 N–H and O–H groups in total. The van der Waals surface area contributed by atoms with E-state index in [9.17, 15) is 0 Å². The average Bonchev–Trinajstić information content (AvgIpc) is 1.38. The number of hydrogen-bond acceptors (Lipinski definition) is 1. The summed E-state index contributed by atoms with van der Waals surface area (Å²) in [4.78, 5) is 0. The zero-order chi connectivity index (χ0) is 4.28. The zero-order valence-corrected chi connectivity index (χ0v) is 6.63. The van der Waals surface area contributed by atoms with Gasteiger partial charge in [-0.1, -0.05) is 0 Å². The van der Waals surface area contributed by atoms with Gasteiger partial charge in [-0.2, -0.15) is 0 Å². The average molecular weight is 155 g/mol. The Morgan fingerprint density at radius 2 is 1.86 bits per heavy atom. The molecule has 0 rings (SSSR count). The van der Waals surface area contributed by atoms with Crippen molar-refractivity contribution in [2.45, 2.75) is 0 Å². The minimum atomic E-state index is 0. The van der Waals surface area contributed by atoms with Crippen LogP contribution in [0.5, 0.6) is 0 Å². The van der Waals surface area contributed by atoms with E-state index in [2.05, 4.69) is 6.66 Å². The molecule has 41 valence electrons. The molecule has 0 saturated heterocycles. The molecular weight excluding hydrogens is 146 g/mol. The summed E-state index contributed by atoms with van der Waals surface area (Å²) in [6.45, 7) is 3.36. The van der Waals surface area contributed by atoms with Crippen LogP contribution in [0.25, 0.3) is 0 Å². The van der Waals surface area contributed by atoms with E-state index in [1.165, 1.54) is 0 Å². The summed E-state index contributed by atoms with van der Waals surface area (Å²) in [7, 11) is 0.225. The van der Waals surface area contributed by atoms with Gasteiger partial charge in [0.2, 0.25) is 0 Å². The van der Waals surface area contributed by atoms with Gasteiger partial charge < -0.3 is 19.8 Å². The van der Waals surface area contributed by atoms with Gasteiger partial charge in [0.15, 0.2) is 0 Å². The van der Waals surface area contributed by atoms with Crippen molar-refractivity contribution in [2.75, 3.05) is 0 Å². The Labute approximate surface area is 58.4 Å². The van der Waals surface area contributed by atoms with Crippen LogP contribution in [0.3, 0.4) is 0 Å². The molecule has 0 spiro atoms. The molecule has 0 aliphatic carbocycles. The fourth-order valence-electron chi connectivity index (χ4n) is 0. The van der Waals surface area contributed by atoms with Crippen LogP contribution in [-0.4, -0.2) is 5.58 Å². The van der Waals surface area contributed by atoms with Crippen molar-refractivity contribution in [2.24, 2.45) is 5.73 Å². The van der Waals surface area contributed by atoms with E-state index < -0.39 is 0 Å². The summed E-state index contributed by atoms with van der Waals surface area (Å²) in [5.74, 6) is 0. The standard InChI is InChI=1S/C2H6N2P.CH3.V/c1-5-2(3)4;;/h5H,1H2,(H3,3,4);1H3;/q2*-1;+2. The second kappa shape index (κ2) is 9.70. The zero-order valence-electron chi connectivity index (χ0n) is 4.23. The first kappa shape index (κ1) is 15.6. The summed E-state index contributed by atoms with van der Waals surface area (Å²) < 4.78 is 0. The van der Waals surface area contributed by atoms with Crippen molar-refractivity contribution < 1.29 is 18.6 Å². The van der Waals surface area contributed by atoms with Gasteiger partial charge in [0.1, 0.15) is 0 Å². The molecule has 0 aromatic carbocycles. The summed E-state index contributed by atoms with van der Waals surface area (Å²) in [5, 5.41) is 6.47. The molecule has 0 amide bonds. The van der Waals surface area contributed by atoms with Crippen molar-refractivity contribution in [1.29, 1.82) is 5.41 Å². The van der Waals surface area contributed by atoms with Crippen molar-refractivity contribution in [3.63, 3.8) is 0 Å². The topological polar surface area (TPSA) is 49.9 Å². The van der Waals surface area contributed by atoms with E-state index in [0.29, 0.717) is 0 Å². The van der Waals surface area contributed by atoms with Gasteiger partial charge in [0, 0.05) is 0 Å². The van der Waals surface area contributed by atoms with Crippen LogP contribution in [-0.2, 0) is 18.6 Å². The Balaban J connectivity index is -0.0000000800. The maximum absolute atomic E-state index is 6.47.